The van der Waals surface area contributed by atoms with Crippen LogP contribution in [0.3, 0.4) is 0 Å². The lowest BCUT2D eigenvalue weighted by Crippen LogP contribution is -2.22. The SMILES string of the molecule is COc1ccc(C(=O)c2coc3c2C(=O)C(=O)C(Cl)=C3Cl)cc1. The highest BCUT2D eigenvalue weighted by atomic mass is 35.5. The highest BCUT2D eigenvalue weighted by molar-refractivity contribution is 6.71. The highest BCUT2D eigenvalue weighted by Crippen LogP contribution is 2.37. The normalized spacial score (nSPS) is 14.0. The predicted molar refractivity (Wildman–Crippen MR) is 83.1 cm³/mol. The Morgan fingerprint density at radius 3 is 2.30 bits per heavy atom. The maximum absolute atomic E-state index is 12.6. The molecule has 23 heavy (non-hydrogen) atoms. The summed E-state index contributed by atoms with van der Waals surface area (Å²) in [5.41, 5.74) is 0.113. The van der Waals surface area contributed by atoms with E-state index in [1.54, 1.807) is 24.3 Å². The molecule has 0 saturated carbocycles. The zero-order valence-electron chi connectivity index (χ0n) is 11.7. The number of furan rings is 1. The fourth-order valence-electron chi connectivity index (χ4n) is 2.22. The van der Waals surface area contributed by atoms with Crippen LogP contribution in [0, 0.1) is 0 Å². The lowest BCUT2D eigenvalue weighted by molar-refractivity contribution is -0.111. The van der Waals surface area contributed by atoms with Crippen molar-refractivity contribution in [2.24, 2.45) is 0 Å². The fraction of sp³-hybridized carbons (Fsp3) is 0.0625. The van der Waals surface area contributed by atoms with Gasteiger partial charge in [-0.25, -0.2) is 0 Å². The number of benzene rings is 1. The zero-order chi connectivity index (χ0) is 16.7. The number of Topliss-reactive ketones (excluding diaryl/α,β-unsaturated/α-hetero) is 2. The van der Waals surface area contributed by atoms with Crippen molar-refractivity contribution in [2.45, 2.75) is 0 Å². The summed E-state index contributed by atoms with van der Waals surface area (Å²) in [5, 5.41) is -0.595. The standard InChI is InChI=1S/C16H8Cl2O5/c1-22-8-4-2-7(3-5-8)13(19)9-6-23-16-10(9)14(20)15(21)11(17)12(16)18/h2-6H,1H3. The summed E-state index contributed by atoms with van der Waals surface area (Å²) in [6, 6.07) is 6.30. The van der Waals surface area contributed by atoms with Crippen LogP contribution in [-0.4, -0.2) is 24.5 Å². The first kappa shape index (κ1) is 15.5. The molecule has 2 aromatic rings. The van der Waals surface area contributed by atoms with Gasteiger partial charge in [-0.3, -0.25) is 14.4 Å². The number of halogens is 2. The number of fused-ring (bicyclic) bond motifs is 1. The Morgan fingerprint density at radius 1 is 1.04 bits per heavy atom. The molecule has 0 bridgehead atoms. The molecule has 0 amide bonds. The Morgan fingerprint density at radius 2 is 1.70 bits per heavy atom. The van der Waals surface area contributed by atoms with Gasteiger partial charge in [-0.2, -0.15) is 0 Å². The second-order valence-corrected chi connectivity index (χ2v) is 5.45. The van der Waals surface area contributed by atoms with E-state index in [9.17, 15) is 14.4 Å². The molecule has 1 aromatic carbocycles. The molecule has 0 N–H and O–H groups in total. The van der Waals surface area contributed by atoms with E-state index in [0.29, 0.717) is 11.3 Å². The molecule has 0 fully saturated rings. The Kier molecular flexibility index (Phi) is 3.83. The number of carbonyl (C=O) groups excluding carboxylic acids is 3. The van der Waals surface area contributed by atoms with Crippen molar-refractivity contribution < 1.29 is 23.5 Å². The van der Waals surface area contributed by atoms with E-state index in [1.807, 2.05) is 0 Å². The number of methoxy groups -OCH3 is 1. The van der Waals surface area contributed by atoms with E-state index in [1.165, 1.54) is 7.11 Å². The molecule has 3 rings (SSSR count). The summed E-state index contributed by atoms with van der Waals surface area (Å²) < 4.78 is 10.2. The van der Waals surface area contributed by atoms with Gasteiger partial charge in [0.25, 0.3) is 0 Å². The van der Waals surface area contributed by atoms with Crippen LogP contribution in [0.15, 0.2) is 40.0 Å². The molecule has 1 aliphatic carbocycles. The Balaban J connectivity index is 2.09. The molecule has 0 radical (unpaired) electrons. The minimum atomic E-state index is -0.964. The number of allylic oxidation sites excluding steroid dienone is 1. The number of hydrogen-bond donors (Lipinski definition) is 0. The van der Waals surface area contributed by atoms with Crippen molar-refractivity contribution in [3.8, 4) is 5.75 Å². The average molecular weight is 351 g/mol. The first-order valence-corrected chi connectivity index (χ1v) is 7.16. The number of rotatable bonds is 3. The number of ether oxygens (including phenoxy) is 1. The zero-order valence-corrected chi connectivity index (χ0v) is 13.2. The molecular weight excluding hydrogens is 343 g/mol. The summed E-state index contributed by atoms with van der Waals surface area (Å²) in [4.78, 5) is 36.5. The first-order valence-electron chi connectivity index (χ1n) is 6.40. The molecule has 0 aliphatic heterocycles. The molecule has 5 nitrogen and oxygen atoms in total. The largest absolute Gasteiger partial charge is 0.497 e. The lowest BCUT2D eigenvalue weighted by Gasteiger charge is -2.10. The van der Waals surface area contributed by atoms with E-state index in [-0.39, 0.29) is 21.9 Å². The van der Waals surface area contributed by atoms with Crippen LogP contribution in [0.25, 0.3) is 5.03 Å². The summed E-state index contributed by atoms with van der Waals surface area (Å²) in [7, 11) is 1.51. The average Bonchev–Trinajstić information content (AvgIpc) is 3.02. The van der Waals surface area contributed by atoms with Crippen LogP contribution in [-0.2, 0) is 4.79 Å². The monoisotopic (exact) mass is 350 g/mol. The first-order chi connectivity index (χ1) is 11.0. The molecular formula is C16H8Cl2O5. The van der Waals surface area contributed by atoms with Gasteiger partial charge in [0.05, 0.1) is 18.2 Å². The van der Waals surface area contributed by atoms with E-state index in [0.717, 1.165) is 6.26 Å². The van der Waals surface area contributed by atoms with Gasteiger partial charge in [0.15, 0.2) is 11.5 Å². The topological polar surface area (TPSA) is 73.6 Å². The second-order valence-electron chi connectivity index (χ2n) is 4.70. The van der Waals surface area contributed by atoms with Crippen molar-refractivity contribution in [3.63, 3.8) is 0 Å². The van der Waals surface area contributed by atoms with Crippen LogP contribution in [0.4, 0.5) is 0 Å². The van der Waals surface area contributed by atoms with Crippen molar-refractivity contribution >= 4 is 45.6 Å². The summed E-state index contributed by atoms with van der Waals surface area (Å²) in [6.45, 7) is 0. The number of hydrogen-bond acceptors (Lipinski definition) is 5. The Labute approximate surface area is 140 Å². The predicted octanol–water partition coefficient (Wildman–Crippen LogP) is 3.43. The molecule has 1 aromatic heterocycles. The molecule has 1 aliphatic rings. The van der Waals surface area contributed by atoms with Gasteiger partial charge in [-0.05, 0) is 24.3 Å². The van der Waals surface area contributed by atoms with Crippen LogP contribution in [0.2, 0.25) is 0 Å². The third kappa shape index (κ3) is 2.38. The smallest absolute Gasteiger partial charge is 0.246 e. The minimum absolute atomic E-state index is 0.0363. The van der Waals surface area contributed by atoms with Crippen molar-refractivity contribution in [1.29, 1.82) is 0 Å². The third-order valence-corrected chi connectivity index (χ3v) is 4.23. The molecule has 0 spiro atoms. The molecule has 0 atom stereocenters. The molecule has 7 heteroatoms. The minimum Gasteiger partial charge on any atom is -0.497 e. The van der Waals surface area contributed by atoms with E-state index >= 15 is 0 Å². The van der Waals surface area contributed by atoms with Crippen molar-refractivity contribution in [1.82, 2.24) is 0 Å². The summed E-state index contributed by atoms with van der Waals surface area (Å²) >= 11 is 11.6. The van der Waals surface area contributed by atoms with Gasteiger partial charge < -0.3 is 9.15 Å². The van der Waals surface area contributed by atoms with Crippen LogP contribution in [0.1, 0.15) is 32.0 Å². The fourth-order valence-corrected chi connectivity index (χ4v) is 2.62. The highest BCUT2D eigenvalue weighted by Gasteiger charge is 2.38. The van der Waals surface area contributed by atoms with Crippen LogP contribution >= 0.6 is 23.2 Å². The maximum atomic E-state index is 12.6. The third-order valence-electron chi connectivity index (χ3n) is 3.41. The quantitative estimate of drug-likeness (QED) is 0.626. The van der Waals surface area contributed by atoms with Crippen molar-refractivity contribution in [2.75, 3.05) is 7.11 Å². The number of carbonyl (C=O) groups is 3. The molecule has 116 valence electrons. The second kappa shape index (κ2) is 5.68. The lowest BCUT2D eigenvalue weighted by atomic mass is 9.93. The van der Waals surface area contributed by atoms with Gasteiger partial charge in [0.1, 0.15) is 22.1 Å². The Bertz CT molecular complexity index is 874. The van der Waals surface area contributed by atoms with E-state index in [4.69, 9.17) is 32.4 Å². The van der Waals surface area contributed by atoms with Gasteiger partial charge in [0.2, 0.25) is 11.6 Å². The summed E-state index contributed by atoms with van der Waals surface area (Å²) in [5.74, 6) is -1.84. The van der Waals surface area contributed by atoms with Crippen LogP contribution in [0.5, 0.6) is 5.75 Å². The Hall–Kier alpha value is -2.37. The van der Waals surface area contributed by atoms with Gasteiger partial charge >= 0.3 is 0 Å². The van der Waals surface area contributed by atoms with Crippen LogP contribution < -0.4 is 4.74 Å². The van der Waals surface area contributed by atoms with Gasteiger partial charge in [-0.15, -0.1) is 0 Å². The molecule has 1 heterocycles. The maximum Gasteiger partial charge on any atom is 0.246 e. The number of ketones is 3. The molecule has 0 saturated heterocycles. The van der Waals surface area contributed by atoms with Gasteiger partial charge in [0, 0.05) is 5.56 Å². The van der Waals surface area contributed by atoms with E-state index < -0.39 is 22.4 Å². The summed E-state index contributed by atoms with van der Waals surface area (Å²) in [6.07, 6.45) is 1.10. The van der Waals surface area contributed by atoms with Gasteiger partial charge in [-0.1, -0.05) is 23.2 Å². The van der Waals surface area contributed by atoms with Crippen molar-refractivity contribution in [3.05, 3.63) is 58.0 Å². The molecule has 0 unspecified atom stereocenters. The van der Waals surface area contributed by atoms with E-state index in [2.05, 4.69) is 0 Å².